The highest BCUT2D eigenvalue weighted by molar-refractivity contribution is 6.31. The quantitative estimate of drug-likeness (QED) is 0.761. The van der Waals surface area contributed by atoms with Gasteiger partial charge in [0.05, 0.1) is 0 Å². The summed E-state index contributed by atoms with van der Waals surface area (Å²) in [7, 11) is 0. The largest absolute Gasteiger partial charge is 0.410 e. The Labute approximate surface area is 79.2 Å². The minimum atomic E-state index is -1.07. The van der Waals surface area contributed by atoms with E-state index in [-0.39, 0.29) is 5.75 Å². The van der Waals surface area contributed by atoms with Gasteiger partial charge in [-0.05, 0) is 18.6 Å². The Morgan fingerprint density at radius 1 is 1.62 bits per heavy atom. The molecule has 1 aromatic rings. The van der Waals surface area contributed by atoms with Crippen LogP contribution in [0.1, 0.15) is 5.56 Å². The van der Waals surface area contributed by atoms with E-state index in [2.05, 4.69) is 4.74 Å². The Balaban J connectivity index is 3.08. The zero-order valence-corrected chi connectivity index (χ0v) is 7.56. The number of carbonyl (C=O) groups excluding carboxylic acids is 1. The van der Waals surface area contributed by atoms with Gasteiger partial charge in [0.1, 0.15) is 0 Å². The average molecular weight is 204 g/mol. The third-order valence-corrected chi connectivity index (χ3v) is 1.83. The molecule has 2 N–H and O–H groups in total. The van der Waals surface area contributed by atoms with Gasteiger partial charge in [0.2, 0.25) is 0 Å². The number of benzene rings is 1. The van der Waals surface area contributed by atoms with Crippen LogP contribution in [0.5, 0.6) is 5.75 Å². The molecule has 0 aromatic heterocycles. The van der Waals surface area contributed by atoms with Crippen molar-refractivity contribution in [2.24, 2.45) is 5.73 Å². The van der Waals surface area contributed by atoms with Crippen molar-refractivity contribution < 1.29 is 13.9 Å². The zero-order valence-electron chi connectivity index (χ0n) is 6.80. The van der Waals surface area contributed by atoms with Gasteiger partial charge in [-0.2, -0.15) is 0 Å². The number of ether oxygens (including phenoxy) is 1. The number of aryl methyl sites for hydroxylation is 1. The van der Waals surface area contributed by atoms with Gasteiger partial charge < -0.3 is 10.5 Å². The monoisotopic (exact) mass is 203 g/mol. The lowest BCUT2D eigenvalue weighted by molar-refractivity contribution is 0.208. The number of hydrogen-bond acceptors (Lipinski definition) is 2. The number of halogens is 2. The summed E-state index contributed by atoms with van der Waals surface area (Å²) in [6.45, 7) is 1.64. The van der Waals surface area contributed by atoms with Crippen molar-refractivity contribution in [3.8, 4) is 5.75 Å². The summed E-state index contributed by atoms with van der Waals surface area (Å²) in [6.07, 6.45) is -1.07. The smallest absolute Gasteiger partial charge is 0.407 e. The SMILES string of the molecule is Cc1cc(F)c(OC(N)=O)cc1Cl. The van der Waals surface area contributed by atoms with Crippen LogP contribution in [0.15, 0.2) is 12.1 Å². The van der Waals surface area contributed by atoms with E-state index >= 15 is 0 Å². The highest BCUT2D eigenvalue weighted by atomic mass is 35.5. The fourth-order valence-corrected chi connectivity index (χ4v) is 0.968. The van der Waals surface area contributed by atoms with E-state index in [9.17, 15) is 9.18 Å². The maximum Gasteiger partial charge on any atom is 0.410 e. The first-order valence-corrected chi connectivity index (χ1v) is 3.81. The summed E-state index contributed by atoms with van der Waals surface area (Å²) in [5.41, 5.74) is 5.28. The minimum Gasteiger partial charge on any atom is -0.407 e. The normalized spacial score (nSPS) is 9.77. The van der Waals surface area contributed by atoms with Crippen molar-refractivity contribution >= 4 is 17.7 Å². The van der Waals surface area contributed by atoms with Gasteiger partial charge in [-0.15, -0.1) is 0 Å². The van der Waals surface area contributed by atoms with E-state index in [0.717, 1.165) is 0 Å². The van der Waals surface area contributed by atoms with E-state index in [1.54, 1.807) is 6.92 Å². The Morgan fingerprint density at radius 2 is 2.23 bits per heavy atom. The summed E-state index contributed by atoms with van der Waals surface area (Å²) < 4.78 is 17.4. The van der Waals surface area contributed by atoms with Gasteiger partial charge in [-0.3, -0.25) is 0 Å². The lowest BCUT2D eigenvalue weighted by atomic mass is 10.2. The first kappa shape index (κ1) is 9.80. The van der Waals surface area contributed by atoms with Crippen LogP contribution in [0.2, 0.25) is 5.02 Å². The minimum absolute atomic E-state index is 0.261. The molecule has 13 heavy (non-hydrogen) atoms. The molecular weight excluding hydrogens is 197 g/mol. The van der Waals surface area contributed by atoms with Crippen molar-refractivity contribution in [3.63, 3.8) is 0 Å². The van der Waals surface area contributed by atoms with Crippen LogP contribution in [-0.4, -0.2) is 6.09 Å². The van der Waals surface area contributed by atoms with Crippen LogP contribution in [0.4, 0.5) is 9.18 Å². The fraction of sp³-hybridized carbons (Fsp3) is 0.125. The third-order valence-electron chi connectivity index (χ3n) is 1.42. The average Bonchev–Trinajstić information content (AvgIpc) is 1.99. The topological polar surface area (TPSA) is 52.3 Å². The second-order valence-electron chi connectivity index (χ2n) is 2.45. The molecule has 0 saturated heterocycles. The van der Waals surface area contributed by atoms with Gasteiger partial charge in [-0.25, -0.2) is 9.18 Å². The van der Waals surface area contributed by atoms with E-state index in [4.69, 9.17) is 17.3 Å². The van der Waals surface area contributed by atoms with Gasteiger partial charge in [0, 0.05) is 11.1 Å². The molecule has 0 saturated carbocycles. The molecule has 0 aliphatic carbocycles. The van der Waals surface area contributed by atoms with E-state index in [1.807, 2.05) is 0 Å². The van der Waals surface area contributed by atoms with Crippen LogP contribution in [0, 0.1) is 12.7 Å². The number of nitrogens with two attached hydrogens (primary N) is 1. The van der Waals surface area contributed by atoms with E-state index in [0.29, 0.717) is 10.6 Å². The Bertz CT molecular complexity index is 354. The maximum atomic E-state index is 13.0. The molecule has 70 valence electrons. The van der Waals surface area contributed by atoms with Crippen LogP contribution in [0.3, 0.4) is 0 Å². The zero-order chi connectivity index (χ0) is 10.0. The Morgan fingerprint density at radius 3 is 2.77 bits per heavy atom. The maximum absolute atomic E-state index is 13.0. The molecule has 0 unspecified atom stereocenters. The molecule has 0 aliphatic heterocycles. The molecule has 1 aromatic carbocycles. The molecule has 0 fully saturated rings. The number of amides is 1. The molecule has 1 rings (SSSR count). The molecule has 0 heterocycles. The van der Waals surface area contributed by atoms with Gasteiger partial charge in [-0.1, -0.05) is 11.6 Å². The lowest BCUT2D eigenvalue weighted by Gasteiger charge is -2.04. The first-order valence-electron chi connectivity index (χ1n) is 3.43. The fourth-order valence-electron chi connectivity index (χ4n) is 0.815. The van der Waals surface area contributed by atoms with E-state index in [1.165, 1.54) is 12.1 Å². The molecule has 0 radical (unpaired) electrons. The molecule has 3 nitrogen and oxygen atoms in total. The molecule has 5 heteroatoms. The summed E-state index contributed by atoms with van der Waals surface area (Å²) >= 11 is 5.67. The molecule has 0 atom stereocenters. The number of carbonyl (C=O) groups is 1. The van der Waals surface area contributed by atoms with Crippen LogP contribution < -0.4 is 10.5 Å². The first-order chi connectivity index (χ1) is 6.00. The third kappa shape index (κ3) is 2.32. The van der Waals surface area contributed by atoms with Gasteiger partial charge in [0.25, 0.3) is 0 Å². The highest BCUT2D eigenvalue weighted by Crippen LogP contribution is 2.25. The molecule has 0 bridgehead atoms. The van der Waals surface area contributed by atoms with Crippen molar-refractivity contribution in [1.82, 2.24) is 0 Å². The Kier molecular flexibility index (Phi) is 2.72. The summed E-state index contributed by atoms with van der Waals surface area (Å²) in [5, 5.41) is 0.317. The lowest BCUT2D eigenvalue weighted by Crippen LogP contribution is -2.17. The predicted molar refractivity (Wildman–Crippen MR) is 46.4 cm³/mol. The molecule has 1 amide bonds. The standard InChI is InChI=1S/C8H7ClFNO2/c1-4-2-6(10)7(3-5(4)9)13-8(11)12/h2-3H,1H3,(H2,11,12). The second-order valence-corrected chi connectivity index (χ2v) is 2.86. The number of hydrogen-bond donors (Lipinski definition) is 1. The highest BCUT2D eigenvalue weighted by Gasteiger charge is 2.09. The summed E-state index contributed by atoms with van der Waals surface area (Å²) in [5.74, 6) is -0.927. The number of rotatable bonds is 1. The summed E-state index contributed by atoms with van der Waals surface area (Å²) in [4.78, 5) is 10.3. The van der Waals surface area contributed by atoms with Crippen molar-refractivity contribution in [1.29, 1.82) is 0 Å². The van der Waals surface area contributed by atoms with Crippen molar-refractivity contribution in [2.75, 3.05) is 0 Å². The van der Waals surface area contributed by atoms with Crippen LogP contribution in [0.25, 0.3) is 0 Å². The van der Waals surface area contributed by atoms with Crippen LogP contribution >= 0.6 is 11.6 Å². The molecule has 0 spiro atoms. The van der Waals surface area contributed by atoms with Crippen molar-refractivity contribution in [2.45, 2.75) is 6.92 Å². The summed E-state index contributed by atoms with van der Waals surface area (Å²) in [6, 6.07) is 2.37. The molecule has 0 aliphatic rings. The predicted octanol–water partition coefficient (Wildman–Crippen LogP) is 2.25. The van der Waals surface area contributed by atoms with E-state index < -0.39 is 11.9 Å². The Hall–Kier alpha value is -1.29. The van der Waals surface area contributed by atoms with Crippen molar-refractivity contribution in [3.05, 3.63) is 28.5 Å². The molecular formula is C8H7ClFNO2. The van der Waals surface area contributed by atoms with Crippen LogP contribution in [-0.2, 0) is 0 Å². The number of primary amides is 1. The van der Waals surface area contributed by atoms with Gasteiger partial charge >= 0.3 is 6.09 Å². The van der Waals surface area contributed by atoms with Gasteiger partial charge in [0.15, 0.2) is 11.6 Å². The second kappa shape index (κ2) is 3.62.